The number of fused-ring (bicyclic) bond motifs is 1. The Morgan fingerprint density at radius 2 is 1.71 bits per heavy atom. The van der Waals surface area contributed by atoms with E-state index in [2.05, 4.69) is 27.6 Å². The second kappa shape index (κ2) is 15.0. The summed E-state index contributed by atoms with van der Waals surface area (Å²) in [6, 6.07) is 18.7. The number of carbonyl (C=O) groups is 1. The number of aryl methyl sites for hydroxylation is 1. The maximum Gasteiger partial charge on any atom is 0.320 e. The summed E-state index contributed by atoms with van der Waals surface area (Å²) in [6.07, 6.45) is 7.39. The fourth-order valence-electron chi connectivity index (χ4n) is 6.13. The van der Waals surface area contributed by atoms with Gasteiger partial charge in [-0.25, -0.2) is 9.79 Å². The summed E-state index contributed by atoms with van der Waals surface area (Å²) in [7, 11) is 2.14. The Labute approximate surface area is 284 Å². The number of nitrogens with one attached hydrogen (secondary N) is 4. The van der Waals surface area contributed by atoms with Gasteiger partial charge in [0.25, 0.3) is 0 Å². The van der Waals surface area contributed by atoms with Crippen molar-refractivity contribution < 1.29 is 9.53 Å². The Kier molecular flexibility index (Phi) is 10.8. The second-order valence-electron chi connectivity index (χ2n) is 14.2. The maximum absolute atomic E-state index is 13.4. The third-order valence-electron chi connectivity index (χ3n) is 9.24. The highest BCUT2D eigenvalue weighted by Gasteiger charge is 2.30. The highest BCUT2D eigenvalue weighted by atomic mass is 16.5. The number of aromatic nitrogens is 1. The molecule has 1 fully saturated rings. The SMILES string of the molecule is Cc1ccc(N=C(C=C(N)C(C)(C)C)NC(=O)N[C@H]2CC[C@@H](Oc3ccc(=N)n(C(=N)CC4CCN(C)CC4)c3)c3ccccc32)cc1. The third kappa shape index (κ3) is 9.01. The van der Waals surface area contributed by atoms with Gasteiger partial charge in [-0.3, -0.25) is 20.7 Å². The van der Waals surface area contributed by atoms with Crippen LogP contribution in [0.25, 0.3) is 0 Å². The molecular weight excluding hydrogens is 600 g/mol. The van der Waals surface area contributed by atoms with Crippen LogP contribution in [0.15, 0.2) is 83.6 Å². The standard InChI is InChI=1S/C38H50N8O2/c1-25-10-12-27(13-11-25)42-36(23-33(39)38(2,3)4)44-37(47)43-31-15-16-32(30-9-7-6-8-29(30)31)48-28-14-17-34(40)46(24-28)35(41)22-26-18-20-45(5)21-19-26/h6-14,17,23-24,26,31-32,40-41H,15-16,18-22,39H2,1-5H3,(H2,42,43,44,47)/t31-,32+/m0/s1. The summed E-state index contributed by atoms with van der Waals surface area (Å²) >= 11 is 0. The Bertz CT molecular complexity index is 1730. The second-order valence-corrected chi connectivity index (χ2v) is 14.2. The lowest BCUT2D eigenvalue weighted by molar-refractivity contribution is 0.171. The highest BCUT2D eigenvalue weighted by Crippen LogP contribution is 2.38. The van der Waals surface area contributed by atoms with Crippen LogP contribution in [0.5, 0.6) is 5.75 Å². The number of hydrogen-bond acceptors (Lipinski definition) is 7. The van der Waals surface area contributed by atoms with Gasteiger partial charge >= 0.3 is 6.03 Å². The number of benzene rings is 2. The van der Waals surface area contributed by atoms with Gasteiger partial charge in [0.15, 0.2) is 0 Å². The predicted molar refractivity (Wildman–Crippen MR) is 192 cm³/mol. The van der Waals surface area contributed by atoms with Crippen molar-refractivity contribution in [1.29, 1.82) is 10.8 Å². The fraction of sp³-hybridized carbons (Fsp3) is 0.421. The molecule has 3 aromatic rings. The molecule has 48 heavy (non-hydrogen) atoms. The average Bonchev–Trinajstić information content (AvgIpc) is 3.04. The first-order valence-electron chi connectivity index (χ1n) is 16.9. The molecule has 2 atom stereocenters. The van der Waals surface area contributed by atoms with Gasteiger partial charge in [0.05, 0.1) is 17.9 Å². The van der Waals surface area contributed by atoms with Gasteiger partial charge in [-0.2, -0.15) is 0 Å². The Hall–Kier alpha value is -4.70. The molecule has 2 aliphatic rings. The van der Waals surface area contributed by atoms with Crippen molar-refractivity contribution in [1.82, 2.24) is 20.1 Å². The maximum atomic E-state index is 13.4. The van der Waals surface area contributed by atoms with E-state index in [-0.39, 0.29) is 29.1 Å². The van der Waals surface area contributed by atoms with E-state index < -0.39 is 0 Å². The monoisotopic (exact) mass is 650 g/mol. The number of rotatable bonds is 7. The molecule has 2 aromatic carbocycles. The minimum atomic E-state index is -0.367. The number of allylic oxidation sites excluding steroid dienone is 1. The summed E-state index contributed by atoms with van der Waals surface area (Å²) in [5.41, 5.74) is 10.8. The normalized spacial score (nSPS) is 19.4. The minimum Gasteiger partial charge on any atom is -0.484 e. The topological polar surface area (TPSA) is 145 Å². The highest BCUT2D eigenvalue weighted by molar-refractivity contribution is 6.05. The summed E-state index contributed by atoms with van der Waals surface area (Å²) in [4.78, 5) is 20.4. The summed E-state index contributed by atoms with van der Waals surface area (Å²) < 4.78 is 8.16. The molecule has 0 spiro atoms. The minimum absolute atomic E-state index is 0.228. The van der Waals surface area contributed by atoms with Gasteiger partial charge in [-0.05, 0) is 94.1 Å². The number of nitrogens with zero attached hydrogens (tertiary/aromatic N) is 3. The van der Waals surface area contributed by atoms with Crippen molar-refractivity contribution >= 4 is 23.4 Å². The Balaban J connectivity index is 1.29. The lowest BCUT2D eigenvalue weighted by Crippen LogP contribution is -2.42. The Morgan fingerprint density at radius 3 is 2.40 bits per heavy atom. The molecule has 1 aliphatic heterocycles. The zero-order chi connectivity index (χ0) is 34.4. The number of ether oxygens (including phenoxy) is 1. The van der Waals surface area contributed by atoms with E-state index in [1.807, 2.05) is 76.2 Å². The van der Waals surface area contributed by atoms with Crippen molar-refractivity contribution in [2.45, 2.75) is 71.9 Å². The molecule has 0 saturated carbocycles. The number of hydrogen-bond donors (Lipinski definition) is 5. The average molecular weight is 651 g/mol. The van der Waals surface area contributed by atoms with Gasteiger partial charge in [-0.1, -0.05) is 62.7 Å². The van der Waals surface area contributed by atoms with Gasteiger partial charge in [0, 0.05) is 23.6 Å². The number of amidine groups is 1. The first-order valence-corrected chi connectivity index (χ1v) is 16.9. The molecule has 6 N–H and O–H groups in total. The number of urea groups is 1. The number of pyridine rings is 1. The lowest BCUT2D eigenvalue weighted by Gasteiger charge is -2.32. The number of piperidine rings is 1. The van der Waals surface area contributed by atoms with E-state index in [9.17, 15) is 4.79 Å². The molecule has 254 valence electrons. The fourth-order valence-corrected chi connectivity index (χ4v) is 6.13. The van der Waals surface area contributed by atoms with Gasteiger partial charge < -0.3 is 20.7 Å². The number of amides is 2. The van der Waals surface area contributed by atoms with Crippen LogP contribution in [0.1, 0.15) is 81.7 Å². The van der Waals surface area contributed by atoms with E-state index in [1.54, 1.807) is 29.0 Å². The molecule has 0 bridgehead atoms. The molecule has 2 amide bonds. The van der Waals surface area contributed by atoms with E-state index >= 15 is 0 Å². The van der Waals surface area contributed by atoms with Crippen molar-refractivity contribution in [3.05, 3.63) is 101 Å². The molecule has 10 nitrogen and oxygen atoms in total. The smallest absolute Gasteiger partial charge is 0.320 e. The van der Waals surface area contributed by atoms with Crippen molar-refractivity contribution in [2.24, 2.45) is 22.1 Å². The summed E-state index contributed by atoms with van der Waals surface area (Å²) in [6.45, 7) is 10.2. The van der Waals surface area contributed by atoms with E-state index in [1.165, 1.54) is 0 Å². The molecule has 1 saturated heterocycles. The summed E-state index contributed by atoms with van der Waals surface area (Å²) in [5.74, 6) is 1.85. The van der Waals surface area contributed by atoms with Gasteiger partial charge in [0.1, 0.15) is 29.0 Å². The van der Waals surface area contributed by atoms with Crippen molar-refractivity contribution in [3.8, 4) is 5.75 Å². The summed E-state index contributed by atoms with van der Waals surface area (Å²) in [5, 5.41) is 23.3. The number of carbonyl (C=O) groups excluding carboxylic acids is 1. The molecular formula is C38H50N8O2. The van der Waals surface area contributed by atoms with Crippen molar-refractivity contribution in [2.75, 3.05) is 20.1 Å². The van der Waals surface area contributed by atoms with Crippen LogP contribution in [-0.2, 0) is 0 Å². The van der Waals surface area contributed by atoms with E-state index in [0.717, 1.165) is 42.6 Å². The van der Waals surface area contributed by atoms with E-state index in [0.29, 0.717) is 54.0 Å². The van der Waals surface area contributed by atoms with Crippen LogP contribution in [0.2, 0.25) is 0 Å². The lowest BCUT2D eigenvalue weighted by atomic mass is 9.85. The molecule has 1 aromatic heterocycles. The van der Waals surface area contributed by atoms with Crippen LogP contribution in [-0.4, -0.2) is 47.3 Å². The first kappa shape index (κ1) is 34.6. The molecule has 10 heteroatoms. The molecule has 5 rings (SSSR count). The number of nitrogens with two attached hydrogens (primary N) is 1. The molecule has 0 unspecified atom stereocenters. The molecule has 0 radical (unpaired) electrons. The first-order chi connectivity index (χ1) is 22.9. The quantitative estimate of drug-likeness (QED) is 0.143. The number of likely N-dealkylation sites (tertiary alicyclic amines) is 1. The van der Waals surface area contributed by atoms with E-state index in [4.69, 9.17) is 21.3 Å². The van der Waals surface area contributed by atoms with Crippen LogP contribution >= 0.6 is 0 Å². The van der Waals surface area contributed by atoms with Crippen molar-refractivity contribution in [3.63, 3.8) is 0 Å². The third-order valence-corrected chi connectivity index (χ3v) is 9.24. The number of aliphatic imine (C=N–C) groups is 1. The van der Waals surface area contributed by atoms with Gasteiger partial charge in [-0.15, -0.1) is 0 Å². The Morgan fingerprint density at radius 1 is 1.02 bits per heavy atom. The van der Waals surface area contributed by atoms with Crippen LogP contribution in [0.3, 0.4) is 0 Å². The zero-order valence-electron chi connectivity index (χ0n) is 28.8. The molecule has 1 aliphatic carbocycles. The predicted octanol–water partition coefficient (Wildman–Crippen LogP) is 6.71. The largest absolute Gasteiger partial charge is 0.484 e. The zero-order valence-corrected chi connectivity index (χ0v) is 28.8. The van der Waals surface area contributed by atoms with Gasteiger partial charge in [0.2, 0.25) is 0 Å². The van der Waals surface area contributed by atoms with Crippen LogP contribution in [0, 0.1) is 29.1 Å². The van der Waals surface area contributed by atoms with Crippen LogP contribution < -0.4 is 26.6 Å². The van der Waals surface area contributed by atoms with Crippen LogP contribution in [0.4, 0.5) is 10.5 Å². The molecule has 2 heterocycles.